The van der Waals surface area contributed by atoms with Crippen molar-refractivity contribution in [2.75, 3.05) is 0 Å². The van der Waals surface area contributed by atoms with Crippen LogP contribution in [0.25, 0.3) is 0 Å². The third-order valence-electron chi connectivity index (χ3n) is 1.04. The van der Waals surface area contributed by atoms with Crippen LogP contribution in [0, 0.1) is 0 Å². The molecule has 0 amide bonds. The van der Waals surface area contributed by atoms with Crippen LogP contribution >= 0.6 is 15.9 Å². The Kier molecular flexibility index (Phi) is 4.53. The number of allylic oxidation sites excluding steroid dienone is 1. The van der Waals surface area contributed by atoms with E-state index < -0.39 is 5.60 Å². The lowest BCUT2D eigenvalue weighted by molar-refractivity contribution is -0.153. The average Bonchev–Trinajstić information content (AvgIpc) is 1.84. The van der Waals surface area contributed by atoms with Crippen molar-refractivity contribution >= 4 is 21.9 Å². The Bertz CT molecular complexity index is 170. The molecule has 0 fully saturated rings. The Morgan fingerprint density at radius 1 is 1.67 bits per heavy atom. The normalized spacial score (nSPS) is 13.7. The van der Waals surface area contributed by atoms with Gasteiger partial charge in [0, 0.05) is 0 Å². The summed E-state index contributed by atoms with van der Waals surface area (Å²) in [6.45, 7) is 9.08. The van der Waals surface area contributed by atoms with Crippen molar-refractivity contribution in [3.8, 4) is 0 Å². The van der Waals surface area contributed by atoms with Crippen LogP contribution in [0.5, 0.6) is 0 Å². The topological polar surface area (TPSA) is 26.3 Å². The molecule has 0 aliphatic carbocycles. The van der Waals surface area contributed by atoms with Gasteiger partial charge in [-0.05, 0) is 27.2 Å². The molecule has 0 aliphatic heterocycles. The van der Waals surface area contributed by atoms with Crippen LogP contribution in [-0.2, 0) is 9.53 Å². The summed E-state index contributed by atoms with van der Waals surface area (Å²) in [5, 5.41) is 0. The lowest BCUT2D eigenvalue weighted by Crippen LogP contribution is -2.28. The molecule has 1 atom stereocenters. The SMILES string of the molecule is C=CCC(Br)C(=O)OC(C)(C)C. The molecule has 0 N–H and O–H groups in total. The second-order valence-electron chi connectivity index (χ2n) is 3.53. The number of carbonyl (C=O) groups excluding carboxylic acids is 1. The minimum absolute atomic E-state index is 0.234. The Hall–Kier alpha value is -0.310. The molecule has 3 heteroatoms. The maximum absolute atomic E-state index is 11.2. The van der Waals surface area contributed by atoms with Gasteiger partial charge in [-0.2, -0.15) is 0 Å². The highest BCUT2D eigenvalue weighted by Gasteiger charge is 2.21. The largest absolute Gasteiger partial charge is 0.459 e. The molecule has 0 rings (SSSR count). The van der Waals surface area contributed by atoms with E-state index in [0.29, 0.717) is 6.42 Å². The molecule has 2 nitrogen and oxygen atoms in total. The van der Waals surface area contributed by atoms with Crippen LogP contribution in [-0.4, -0.2) is 16.4 Å². The standard InChI is InChI=1S/C9H15BrO2/c1-5-6-7(10)8(11)12-9(2,3)4/h5,7H,1,6H2,2-4H3. The Labute approximate surface area is 82.1 Å². The van der Waals surface area contributed by atoms with Gasteiger partial charge >= 0.3 is 5.97 Å². The maximum atomic E-state index is 11.2. The molecule has 0 aromatic heterocycles. The fourth-order valence-corrected chi connectivity index (χ4v) is 0.966. The first kappa shape index (κ1) is 11.7. The van der Waals surface area contributed by atoms with Gasteiger partial charge in [-0.25, -0.2) is 0 Å². The summed E-state index contributed by atoms with van der Waals surface area (Å²) in [7, 11) is 0. The lowest BCUT2D eigenvalue weighted by atomic mass is 10.2. The summed E-state index contributed by atoms with van der Waals surface area (Å²) < 4.78 is 5.12. The smallest absolute Gasteiger partial charge is 0.320 e. The van der Waals surface area contributed by atoms with E-state index in [9.17, 15) is 4.79 Å². The van der Waals surface area contributed by atoms with Crippen molar-refractivity contribution in [2.24, 2.45) is 0 Å². The predicted molar refractivity (Wildman–Crippen MR) is 53.4 cm³/mol. The summed E-state index contributed by atoms with van der Waals surface area (Å²) in [5.41, 5.74) is -0.412. The maximum Gasteiger partial charge on any atom is 0.320 e. The van der Waals surface area contributed by atoms with E-state index in [1.165, 1.54) is 0 Å². The number of rotatable bonds is 3. The number of alkyl halides is 1. The van der Waals surface area contributed by atoms with E-state index in [-0.39, 0.29) is 10.8 Å². The zero-order valence-corrected chi connectivity index (χ0v) is 9.35. The summed E-state index contributed by atoms with van der Waals surface area (Å²) in [6, 6.07) is 0. The van der Waals surface area contributed by atoms with Gasteiger partial charge in [-0.15, -0.1) is 6.58 Å². The second-order valence-corrected chi connectivity index (χ2v) is 4.63. The number of hydrogen-bond donors (Lipinski definition) is 0. The molecule has 0 heterocycles. The third-order valence-corrected chi connectivity index (χ3v) is 1.78. The van der Waals surface area contributed by atoms with E-state index in [1.807, 2.05) is 20.8 Å². The van der Waals surface area contributed by atoms with Crippen molar-refractivity contribution in [3.05, 3.63) is 12.7 Å². The fraction of sp³-hybridized carbons (Fsp3) is 0.667. The van der Waals surface area contributed by atoms with Crippen LogP contribution in [0.4, 0.5) is 0 Å². The van der Waals surface area contributed by atoms with E-state index in [1.54, 1.807) is 6.08 Å². The summed E-state index contributed by atoms with van der Waals surface area (Å²) in [4.78, 5) is 11.0. The quantitative estimate of drug-likeness (QED) is 0.427. The zero-order valence-electron chi connectivity index (χ0n) is 7.76. The highest BCUT2D eigenvalue weighted by molar-refractivity contribution is 9.10. The van der Waals surface area contributed by atoms with Gasteiger partial charge in [0.25, 0.3) is 0 Å². The number of ether oxygens (including phenoxy) is 1. The van der Waals surface area contributed by atoms with E-state index >= 15 is 0 Å². The third kappa shape index (κ3) is 5.35. The molecule has 1 unspecified atom stereocenters. The van der Waals surface area contributed by atoms with Crippen molar-refractivity contribution < 1.29 is 9.53 Å². The number of halogens is 1. The van der Waals surface area contributed by atoms with Crippen molar-refractivity contribution in [1.29, 1.82) is 0 Å². The fourth-order valence-electron chi connectivity index (χ4n) is 0.608. The molecule has 70 valence electrons. The summed E-state index contributed by atoms with van der Waals surface area (Å²) >= 11 is 3.21. The van der Waals surface area contributed by atoms with Gasteiger partial charge in [-0.1, -0.05) is 22.0 Å². The first-order valence-corrected chi connectivity index (χ1v) is 4.76. The van der Waals surface area contributed by atoms with Gasteiger partial charge in [-0.3, -0.25) is 4.79 Å². The highest BCUT2D eigenvalue weighted by atomic mass is 79.9. The Morgan fingerprint density at radius 3 is 2.50 bits per heavy atom. The summed E-state index contributed by atoms with van der Waals surface area (Å²) in [5.74, 6) is -0.234. The molecule has 0 aromatic rings. The molecule has 0 bridgehead atoms. The van der Waals surface area contributed by atoms with Gasteiger partial charge in [0.05, 0.1) is 0 Å². The zero-order chi connectivity index (χ0) is 9.78. The molecule has 0 aromatic carbocycles. The summed E-state index contributed by atoms with van der Waals surface area (Å²) in [6.07, 6.45) is 2.28. The van der Waals surface area contributed by atoms with E-state index in [0.717, 1.165) is 0 Å². The van der Waals surface area contributed by atoms with E-state index in [4.69, 9.17) is 4.74 Å². The number of esters is 1. The monoisotopic (exact) mass is 234 g/mol. The molecule has 0 saturated heterocycles. The number of carbonyl (C=O) groups is 1. The second kappa shape index (κ2) is 4.65. The molecule has 0 spiro atoms. The van der Waals surface area contributed by atoms with Crippen molar-refractivity contribution in [2.45, 2.75) is 37.6 Å². The molecule has 0 radical (unpaired) electrons. The molecular weight excluding hydrogens is 220 g/mol. The highest BCUT2D eigenvalue weighted by Crippen LogP contribution is 2.14. The molecule has 0 saturated carbocycles. The van der Waals surface area contributed by atoms with Crippen molar-refractivity contribution in [1.82, 2.24) is 0 Å². The van der Waals surface area contributed by atoms with E-state index in [2.05, 4.69) is 22.5 Å². The lowest BCUT2D eigenvalue weighted by Gasteiger charge is -2.21. The van der Waals surface area contributed by atoms with Crippen LogP contribution in [0.2, 0.25) is 0 Å². The number of hydrogen-bond acceptors (Lipinski definition) is 2. The molecule has 0 aliphatic rings. The van der Waals surface area contributed by atoms with Crippen LogP contribution in [0.1, 0.15) is 27.2 Å². The molecule has 12 heavy (non-hydrogen) atoms. The van der Waals surface area contributed by atoms with Gasteiger partial charge in [0.2, 0.25) is 0 Å². The van der Waals surface area contributed by atoms with Gasteiger partial charge in [0.1, 0.15) is 10.4 Å². The minimum Gasteiger partial charge on any atom is -0.459 e. The Morgan fingerprint density at radius 2 is 2.17 bits per heavy atom. The van der Waals surface area contributed by atoms with Crippen molar-refractivity contribution in [3.63, 3.8) is 0 Å². The predicted octanol–water partition coefficient (Wildman–Crippen LogP) is 2.67. The van der Waals surface area contributed by atoms with Crippen LogP contribution < -0.4 is 0 Å². The minimum atomic E-state index is -0.412. The first-order valence-electron chi connectivity index (χ1n) is 3.84. The average molecular weight is 235 g/mol. The Balaban J connectivity index is 3.95. The molecular formula is C9H15BrO2. The van der Waals surface area contributed by atoms with Gasteiger partial charge in [0.15, 0.2) is 0 Å². The van der Waals surface area contributed by atoms with Crippen LogP contribution in [0.3, 0.4) is 0 Å². The van der Waals surface area contributed by atoms with Gasteiger partial charge < -0.3 is 4.74 Å². The first-order chi connectivity index (χ1) is 5.37. The van der Waals surface area contributed by atoms with Crippen LogP contribution in [0.15, 0.2) is 12.7 Å².